The van der Waals surface area contributed by atoms with Gasteiger partial charge in [-0.2, -0.15) is 18.3 Å². The molecule has 1 atom stereocenters. The van der Waals surface area contributed by atoms with Gasteiger partial charge in [0.2, 0.25) is 5.91 Å². The number of piperazine rings is 1. The maximum Gasteiger partial charge on any atom is 0.435 e. The van der Waals surface area contributed by atoms with Crippen molar-refractivity contribution in [3.8, 4) is 23.6 Å². The van der Waals surface area contributed by atoms with E-state index in [0.29, 0.717) is 26.2 Å². The zero-order valence-electron chi connectivity index (χ0n) is 25.1. The fourth-order valence-electron chi connectivity index (χ4n) is 5.51. The van der Waals surface area contributed by atoms with E-state index in [1.165, 1.54) is 42.9 Å². The SMILES string of the molecule is C#CC(C)n1cc(-c2cnc(C(=O)Nc3ccc(C(=O)N4CCN(C(=O)C5CCNCC5)CC4)c(Cl)c3)n2C)c(C(F)(F)F)n1.Cl. The van der Waals surface area contributed by atoms with Crippen molar-refractivity contribution in [3.05, 3.63) is 52.7 Å². The molecular weight excluding hydrogens is 648 g/mol. The molecule has 2 aromatic heterocycles. The van der Waals surface area contributed by atoms with Gasteiger partial charge in [-0.15, -0.1) is 18.8 Å². The Bertz CT molecular complexity index is 1650. The molecule has 5 rings (SSSR count). The van der Waals surface area contributed by atoms with E-state index in [0.717, 1.165) is 36.8 Å². The summed E-state index contributed by atoms with van der Waals surface area (Å²) in [4.78, 5) is 46.7. The molecule has 0 saturated carbocycles. The summed E-state index contributed by atoms with van der Waals surface area (Å²) in [6, 6.07) is 3.69. The first-order valence-corrected chi connectivity index (χ1v) is 14.8. The Labute approximate surface area is 274 Å². The summed E-state index contributed by atoms with van der Waals surface area (Å²) in [7, 11) is 1.41. The molecule has 1 aromatic carbocycles. The summed E-state index contributed by atoms with van der Waals surface area (Å²) in [5, 5.41) is 9.62. The van der Waals surface area contributed by atoms with Crippen LogP contribution in [0.4, 0.5) is 18.9 Å². The van der Waals surface area contributed by atoms with E-state index in [1.54, 1.807) is 4.90 Å². The van der Waals surface area contributed by atoms with Crippen LogP contribution in [-0.2, 0) is 18.0 Å². The molecule has 11 nitrogen and oxygen atoms in total. The van der Waals surface area contributed by atoms with Gasteiger partial charge in [0.1, 0.15) is 6.04 Å². The van der Waals surface area contributed by atoms with Crippen molar-refractivity contribution >= 4 is 47.4 Å². The van der Waals surface area contributed by atoms with Gasteiger partial charge in [-0.05, 0) is 51.1 Å². The molecular formula is C30H33Cl2F3N8O3. The highest BCUT2D eigenvalue weighted by Crippen LogP contribution is 2.37. The molecule has 0 radical (unpaired) electrons. The third-order valence-corrected chi connectivity index (χ3v) is 8.44. The van der Waals surface area contributed by atoms with E-state index in [4.69, 9.17) is 18.0 Å². The Morgan fingerprint density at radius 2 is 1.78 bits per heavy atom. The third kappa shape index (κ3) is 7.16. The number of imidazole rings is 1. The Morgan fingerprint density at radius 3 is 2.39 bits per heavy atom. The number of anilines is 1. The number of piperidine rings is 1. The predicted molar refractivity (Wildman–Crippen MR) is 168 cm³/mol. The Balaban J connectivity index is 0.00000480. The van der Waals surface area contributed by atoms with Crippen LogP contribution in [0.15, 0.2) is 30.6 Å². The van der Waals surface area contributed by atoms with Gasteiger partial charge in [-0.1, -0.05) is 17.5 Å². The number of nitrogens with zero attached hydrogens (tertiary/aromatic N) is 6. The number of benzene rings is 1. The number of hydrogen-bond acceptors (Lipinski definition) is 6. The minimum atomic E-state index is -4.77. The summed E-state index contributed by atoms with van der Waals surface area (Å²) in [5.74, 6) is 1.33. The third-order valence-electron chi connectivity index (χ3n) is 8.13. The van der Waals surface area contributed by atoms with Crippen LogP contribution in [0.2, 0.25) is 5.02 Å². The van der Waals surface area contributed by atoms with Gasteiger partial charge >= 0.3 is 6.18 Å². The molecule has 2 N–H and O–H groups in total. The summed E-state index contributed by atoms with van der Waals surface area (Å²) in [5.41, 5.74) is -0.915. The zero-order chi connectivity index (χ0) is 32.5. The van der Waals surface area contributed by atoms with Crippen LogP contribution in [-0.4, -0.2) is 86.1 Å². The van der Waals surface area contributed by atoms with E-state index < -0.39 is 23.8 Å². The number of rotatable bonds is 6. The monoisotopic (exact) mass is 680 g/mol. The molecule has 2 saturated heterocycles. The van der Waals surface area contributed by atoms with Crippen molar-refractivity contribution in [2.45, 2.75) is 32.0 Å². The van der Waals surface area contributed by atoms with Crippen molar-refractivity contribution < 1.29 is 27.6 Å². The van der Waals surface area contributed by atoms with E-state index in [2.05, 4.69) is 26.6 Å². The molecule has 2 aliphatic rings. The summed E-state index contributed by atoms with van der Waals surface area (Å²) in [6.07, 6.45) is 4.55. The largest absolute Gasteiger partial charge is 0.435 e. The molecule has 16 heteroatoms. The van der Waals surface area contributed by atoms with E-state index in [-0.39, 0.29) is 63.5 Å². The second kappa shape index (κ2) is 14.1. The summed E-state index contributed by atoms with van der Waals surface area (Å²) in [6.45, 7) is 4.83. The minimum absolute atomic E-state index is 0. The van der Waals surface area contributed by atoms with Crippen LogP contribution >= 0.6 is 24.0 Å². The van der Waals surface area contributed by atoms with Gasteiger partial charge in [-0.25, -0.2) is 4.98 Å². The van der Waals surface area contributed by atoms with E-state index >= 15 is 0 Å². The van der Waals surface area contributed by atoms with Gasteiger partial charge < -0.3 is 25.0 Å². The van der Waals surface area contributed by atoms with Gasteiger partial charge in [0.05, 0.1) is 28.0 Å². The van der Waals surface area contributed by atoms with Crippen LogP contribution in [0.1, 0.15) is 52.5 Å². The zero-order valence-corrected chi connectivity index (χ0v) is 26.7. The van der Waals surface area contributed by atoms with Crippen LogP contribution in [0.5, 0.6) is 0 Å². The molecule has 246 valence electrons. The fraction of sp³-hybridized carbons (Fsp3) is 0.433. The number of amides is 3. The molecule has 46 heavy (non-hydrogen) atoms. The Hall–Kier alpha value is -4.06. The van der Waals surface area contributed by atoms with Crippen LogP contribution < -0.4 is 10.6 Å². The predicted octanol–water partition coefficient (Wildman–Crippen LogP) is 4.11. The lowest BCUT2D eigenvalue weighted by atomic mass is 9.96. The van der Waals surface area contributed by atoms with Crippen LogP contribution in [0.3, 0.4) is 0 Å². The van der Waals surface area contributed by atoms with Crippen molar-refractivity contribution in [1.82, 2.24) is 34.4 Å². The van der Waals surface area contributed by atoms with Crippen molar-refractivity contribution in [1.29, 1.82) is 0 Å². The molecule has 4 heterocycles. The topological polar surface area (TPSA) is 117 Å². The standard InChI is InChI=1S/C30H32ClF3N8O3.ClH/c1-4-18(2)42-17-22(25(38-42)30(32,33)34)24-16-36-26(39(24)3)27(43)37-20-5-6-21(23(31)15-20)29(45)41-13-11-40(12-14-41)28(44)19-7-9-35-10-8-19;/h1,5-6,15-19,35H,7-14H2,2-3H3,(H,37,43);1H. The lowest BCUT2D eigenvalue weighted by Crippen LogP contribution is -2.52. The molecule has 0 bridgehead atoms. The number of halogens is 5. The molecule has 2 aliphatic heterocycles. The fourth-order valence-corrected chi connectivity index (χ4v) is 5.78. The summed E-state index contributed by atoms with van der Waals surface area (Å²) < 4.78 is 43.6. The number of aromatic nitrogens is 4. The number of carbonyl (C=O) groups excluding carboxylic acids is 3. The lowest BCUT2D eigenvalue weighted by Gasteiger charge is -2.37. The Morgan fingerprint density at radius 1 is 1.13 bits per heavy atom. The number of carbonyl (C=O) groups is 3. The normalized spacial score (nSPS) is 16.4. The number of hydrogen-bond donors (Lipinski definition) is 2. The molecule has 1 unspecified atom stereocenters. The van der Waals surface area contributed by atoms with Crippen molar-refractivity contribution in [3.63, 3.8) is 0 Å². The molecule has 0 spiro atoms. The highest BCUT2D eigenvalue weighted by Gasteiger charge is 2.39. The molecule has 3 amide bonds. The van der Waals surface area contributed by atoms with E-state index in [1.807, 2.05) is 4.90 Å². The van der Waals surface area contributed by atoms with Crippen LogP contribution in [0.25, 0.3) is 11.3 Å². The lowest BCUT2D eigenvalue weighted by molar-refractivity contribution is -0.141. The number of alkyl halides is 3. The average Bonchev–Trinajstić information content (AvgIpc) is 3.65. The summed E-state index contributed by atoms with van der Waals surface area (Å²) >= 11 is 6.45. The minimum Gasteiger partial charge on any atom is -0.339 e. The number of nitrogens with one attached hydrogen (secondary N) is 2. The maximum atomic E-state index is 13.8. The number of terminal acetylenes is 1. The highest BCUT2D eigenvalue weighted by atomic mass is 35.5. The van der Waals surface area contributed by atoms with Gasteiger partial charge in [0.15, 0.2) is 11.5 Å². The van der Waals surface area contributed by atoms with Gasteiger partial charge in [0.25, 0.3) is 11.8 Å². The van der Waals surface area contributed by atoms with Crippen molar-refractivity contribution in [2.75, 3.05) is 44.6 Å². The maximum absolute atomic E-state index is 13.8. The molecule has 2 fully saturated rings. The quantitative estimate of drug-likeness (QED) is 0.379. The van der Waals surface area contributed by atoms with Crippen LogP contribution in [0, 0.1) is 18.3 Å². The molecule has 0 aliphatic carbocycles. The second-order valence-corrected chi connectivity index (χ2v) is 11.4. The van der Waals surface area contributed by atoms with Crippen molar-refractivity contribution in [2.24, 2.45) is 13.0 Å². The second-order valence-electron chi connectivity index (χ2n) is 11.0. The Kier molecular flexibility index (Phi) is 10.7. The average molecular weight is 682 g/mol. The van der Waals surface area contributed by atoms with Gasteiger partial charge in [0, 0.05) is 51.0 Å². The smallest absolute Gasteiger partial charge is 0.339 e. The first kappa shape index (κ1) is 34.8. The molecule has 3 aromatic rings. The first-order chi connectivity index (χ1) is 21.4. The first-order valence-electron chi connectivity index (χ1n) is 14.4. The highest BCUT2D eigenvalue weighted by molar-refractivity contribution is 6.34. The van der Waals surface area contributed by atoms with Gasteiger partial charge in [-0.3, -0.25) is 19.1 Å². The van der Waals surface area contributed by atoms with E-state index in [9.17, 15) is 27.6 Å².